The summed E-state index contributed by atoms with van der Waals surface area (Å²) in [4.78, 5) is 19.5. The van der Waals surface area contributed by atoms with Crippen molar-refractivity contribution in [2.24, 2.45) is 0 Å². The molecule has 4 nitrogen and oxygen atoms in total. The molecule has 48 heavy (non-hydrogen) atoms. The van der Waals surface area contributed by atoms with Crippen molar-refractivity contribution in [1.82, 2.24) is 19.9 Å². The molecular weight excluding hydrogens is 585 g/mol. The first-order chi connectivity index (χ1) is 23.8. The largest absolute Gasteiger partial charge is 0.256 e. The predicted molar refractivity (Wildman–Crippen MR) is 197 cm³/mol. The zero-order chi connectivity index (χ0) is 31.9. The molecule has 0 aliphatic carbocycles. The molecule has 0 saturated carbocycles. The lowest BCUT2D eigenvalue weighted by molar-refractivity contribution is 1.07. The fourth-order valence-corrected chi connectivity index (χ4v) is 6.60. The number of hydrogen-bond acceptors (Lipinski definition) is 4. The van der Waals surface area contributed by atoms with Gasteiger partial charge in [-0.3, -0.25) is 4.98 Å². The summed E-state index contributed by atoms with van der Waals surface area (Å²) in [6.45, 7) is 0. The molecule has 0 amide bonds. The molecule has 0 aliphatic rings. The lowest BCUT2D eigenvalue weighted by Gasteiger charge is -2.12. The summed E-state index contributed by atoms with van der Waals surface area (Å²) in [5.74, 6) is 1.95. The van der Waals surface area contributed by atoms with Gasteiger partial charge in [-0.1, -0.05) is 140 Å². The van der Waals surface area contributed by atoms with Crippen LogP contribution in [-0.4, -0.2) is 19.9 Å². The topological polar surface area (TPSA) is 51.6 Å². The Morgan fingerprint density at radius 2 is 0.708 bits per heavy atom. The number of nitrogens with zero attached hydrogens (tertiary/aromatic N) is 4. The highest BCUT2D eigenvalue weighted by atomic mass is 15.0. The van der Waals surface area contributed by atoms with Gasteiger partial charge in [0.15, 0.2) is 17.5 Å². The van der Waals surface area contributed by atoms with Gasteiger partial charge in [0.2, 0.25) is 0 Å². The Morgan fingerprint density at radius 3 is 1.33 bits per heavy atom. The normalized spacial score (nSPS) is 11.3. The minimum atomic E-state index is 0.642. The van der Waals surface area contributed by atoms with Crippen LogP contribution in [0.5, 0.6) is 0 Å². The van der Waals surface area contributed by atoms with Crippen LogP contribution in [0, 0.1) is 0 Å². The summed E-state index contributed by atoms with van der Waals surface area (Å²) >= 11 is 0. The zero-order valence-corrected chi connectivity index (χ0v) is 26.0. The third kappa shape index (κ3) is 4.97. The summed E-state index contributed by atoms with van der Waals surface area (Å²) in [7, 11) is 0. The van der Waals surface area contributed by atoms with Gasteiger partial charge in [-0.2, -0.15) is 0 Å². The summed E-state index contributed by atoms with van der Waals surface area (Å²) in [6, 6.07) is 56.9. The third-order valence-electron chi connectivity index (χ3n) is 8.94. The lowest BCUT2D eigenvalue weighted by Crippen LogP contribution is -2.00. The highest BCUT2D eigenvalue weighted by Crippen LogP contribution is 2.37. The molecule has 9 rings (SSSR count). The Hall–Kier alpha value is -6.52. The fraction of sp³-hybridized carbons (Fsp3) is 0. The molecule has 0 saturated heterocycles. The second-order valence-electron chi connectivity index (χ2n) is 11.9. The SMILES string of the molecule is c1ccc(-c2nc(-c3ccccc3)nc(-c3cccc(-c4cccc(-c5ccc6c(c5)c5ccccc5c5ncccc65)c4)c3)n2)cc1. The van der Waals surface area contributed by atoms with Crippen molar-refractivity contribution in [1.29, 1.82) is 0 Å². The second-order valence-corrected chi connectivity index (χ2v) is 11.9. The fourth-order valence-electron chi connectivity index (χ4n) is 6.60. The number of pyridine rings is 1. The molecule has 0 bridgehead atoms. The van der Waals surface area contributed by atoms with E-state index in [0.29, 0.717) is 17.5 Å². The van der Waals surface area contributed by atoms with Gasteiger partial charge in [-0.15, -0.1) is 0 Å². The summed E-state index contributed by atoms with van der Waals surface area (Å²) in [5, 5.41) is 6.01. The molecule has 0 N–H and O–H groups in total. The van der Waals surface area contributed by atoms with E-state index in [-0.39, 0.29) is 0 Å². The van der Waals surface area contributed by atoms with Gasteiger partial charge in [-0.25, -0.2) is 15.0 Å². The molecule has 0 atom stereocenters. The van der Waals surface area contributed by atoms with Crippen LogP contribution in [0.25, 0.3) is 88.9 Å². The van der Waals surface area contributed by atoms with Crippen LogP contribution in [0.15, 0.2) is 170 Å². The van der Waals surface area contributed by atoms with Crippen molar-refractivity contribution in [3.63, 3.8) is 0 Å². The highest BCUT2D eigenvalue weighted by molar-refractivity contribution is 6.24. The van der Waals surface area contributed by atoms with E-state index < -0.39 is 0 Å². The Kier molecular flexibility index (Phi) is 6.76. The molecule has 2 aromatic heterocycles. The molecule has 0 radical (unpaired) electrons. The third-order valence-corrected chi connectivity index (χ3v) is 8.94. The first-order valence-electron chi connectivity index (χ1n) is 16.1. The molecule has 2 heterocycles. The molecule has 7 aromatic carbocycles. The van der Waals surface area contributed by atoms with Gasteiger partial charge in [-0.05, 0) is 62.7 Å². The molecule has 0 spiro atoms. The highest BCUT2D eigenvalue weighted by Gasteiger charge is 2.14. The number of benzene rings is 7. The van der Waals surface area contributed by atoms with E-state index in [2.05, 4.69) is 97.1 Å². The Morgan fingerprint density at radius 1 is 0.271 bits per heavy atom. The zero-order valence-electron chi connectivity index (χ0n) is 26.0. The maximum atomic E-state index is 4.95. The van der Waals surface area contributed by atoms with Gasteiger partial charge in [0.05, 0.1) is 5.52 Å². The lowest BCUT2D eigenvalue weighted by atomic mass is 9.93. The number of rotatable bonds is 5. The van der Waals surface area contributed by atoms with E-state index in [1.54, 1.807) is 0 Å². The Balaban J connectivity index is 1.14. The quantitative estimate of drug-likeness (QED) is 0.181. The van der Waals surface area contributed by atoms with Gasteiger partial charge >= 0.3 is 0 Å². The van der Waals surface area contributed by atoms with Crippen LogP contribution < -0.4 is 0 Å². The Bertz CT molecular complexity index is 2520. The van der Waals surface area contributed by atoms with Gasteiger partial charge in [0.25, 0.3) is 0 Å². The van der Waals surface area contributed by atoms with Crippen LogP contribution in [0.1, 0.15) is 0 Å². The maximum Gasteiger partial charge on any atom is 0.164 e. The van der Waals surface area contributed by atoms with E-state index in [1.165, 1.54) is 32.5 Å². The number of aromatic nitrogens is 4. The van der Waals surface area contributed by atoms with Crippen LogP contribution in [0.3, 0.4) is 0 Å². The van der Waals surface area contributed by atoms with E-state index in [0.717, 1.165) is 38.9 Å². The van der Waals surface area contributed by atoms with Crippen molar-refractivity contribution in [2.75, 3.05) is 0 Å². The Labute approximate surface area is 278 Å². The standard InChI is InChI=1S/C44H28N4/c1-3-12-29(13-4-1)42-46-43(30-14-5-2-6-15-30)48-44(47-42)35-19-10-18-33(27-35)31-16-9-17-32(26-31)34-23-24-37-39-22-11-25-45-41(39)38-21-8-7-20-36(38)40(37)28-34/h1-28H. The average Bonchev–Trinajstić information content (AvgIpc) is 3.18. The first kappa shape index (κ1) is 27.8. The summed E-state index contributed by atoms with van der Waals surface area (Å²) < 4.78 is 0. The second kappa shape index (κ2) is 11.7. The minimum absolute atomic E-state index is 0.642. The maximum absolute atomic E-state index is 4.95. The monoisotopic (exact) mass is 612 g/mol. The molecule has 0 unspecified atom stereocenters. The van der Waals surface area contributed by atoms with Crippen molar-refractivity contribution < 1.29 is 0 Å². The number of hydrogen-bond donors (Lipinski definition) is 0. The van der Waals surface area contributed by atoms with Crippen LogP contribution >= 0.6 is 0 Å². The van der Waals surface area contributed by atoms with Crippen LogP contribution in [0.4, 0.5) is 0 Å². The molecule has 224 valence electrons. The van der Waals surface area contributed by atoms with E-state index in [1.807, 2.05) is 72.9 Å². The molecule has 4 heteroatoms. The molecule has 0 fully saturated rings. The summed E-state index contributed by atoms with van der Waals surface area (Å²) in [6.07, 6.45) is 1.88. The average molecular weight is 613 g/mol. The molecular formula is C44H28N4. The van der Waals surface area contributed by atoms with Crippen molar-refractivity contribution in [3.8, 4) is 56.4 Å². The predicted octanol–water partition coefficient (Wildman–Crippen LogP) is 11.1. The van der Waals surface area contributed by atoms with Crippen molar-refractivity contribution in [2.45, 2.75) is 0 Å². The van der Waals surface area contributed by atoms with Crippen LogP contribution in [-0.2, 0) is 0 Å². The van der Waals surface area contributed by atoms with E-state index in [9.17, 15) is 0 Å². The first-order valence-corrected chi connectivity index (χ1v) is 16.1. The van der Waals surface area contributed by atoms with Crippen molar-refractivity contribution >= 4 is 32.4 Å². The molecule has 0 aliphatic heterocycles. The number of fused-ring (bicyclic) bond motifs is 6. The van der Waals surface area contributed by atoms with E-state index in [4.69, 9.17) is 19.9 Å². The minimum Gasteiger partial charge on any atom is -0.256 e. The van der Waals surface area contributed by atoms with Gasteiger partial charge < -0.3 is 0 Å². The smallest absolute Gasteiger partial charge is 0.164 e. The summed E-state index contributed by atoms with van der Waals surface area (Å²) in [5.41, 5.74) is 8.44. The van der Waals surface area contributed by atoms with E-state index >= 15 is 0 Å². The molecule has 9 aromatic rings. The van der Waals surface area contributed by atoms with Crippen molar-refractivity contribution in [3.05, 3.63) is 170 Å². The van der Waals surface area contributed by atoms with Gasteiger partial charge in [0.1, 0.15) is 0 Å². The van der Waals surface area contributed by atoms with Crippen LogP contribution in [0.2, 0.25) is 0 Å². The van der Waals surface area contributed by atoms with Gasteiger partial charge in [0, 0.05) is 33.7 Å².